The fourth-order valence-electron chi connectivity index (χ4n) is 1.50. The van der Waals surface area contributed by atoms with Crippen molar-refractivity contribution in [2.45, 2.75) is 0 Å². The van der Waals surface area contributed by atoms with Crippen LogP contribution in [0.15, 0.2) is 28.7 Å². The number of carbonyl (C=O) groups excluding carboxylic acids is 1. The van der Waals surface area contributed by atoms with E-state index in [1.54, 1.807) is 13.2 Å². The van der Waals surface area contributed by atoms with Gasteiger partial charge in [0, 0.05) is 4.47 Å². The number of nitrogens with two attached hydrogens (primary N) is 1. The highest BCUT2D eigenvalue weighted by Crippen LogP contribution is 2.35. The van der Waals surface area contributed by atoms with Gasteiger partial charge in [-0.2, -0.15) is 5.10 Å². The molecule has 2 rings (SSSR count). The van der Waals surface area contributed by atoms with Gasteiger partial charge >= 0.3 is 0 Å². The Balaban J connectivity index is 2.55. The topological polar surface area (TPSA) is 81.0 Å². The molecule has 88 valence electrons. The third kappa shape index (κ3) is 2.16. The largest absolute Gasteiger partial charge is 0.496 e. The minimum absolute atomic E-state index is 0.262. The average Bonchev–Trinajstić information content (AvgIpc) is 2.77. The maximum Gasteiger partial charge on any atom is 0.266 e. The zero-order valence-electron chi connectivity index (χ0n) is 9.03. The van der Waals surface area contributed by atoms with Crippen molar-refractivity contribution in [3.8, 4) is 17.0 Å². The second kappa shape index (κ2) is 4.58. The van der Waals surface area contributed by atoms with Crippen LogP contribution in [0, 0.1) is 0 Å². The summed E-state index contributed by atoms with van der Waals surface area (Å²) in [5.41, 5.74) is 6.80. The predicted molar refractivity (Wildman–Crippen MR) is 66.8 cm³/mol. The molecule has 0 aliphatic heterocycles. The molecule has 1 amide bonds. The van der Waals surface area contributed by atoms with Crippen LogP contribution in [0.3, 0.4) is 0 Å². The van der Waals surface area contributed by atoms with Crippen molar-refractivity contribution in [2.24, 2.45) is 5.73 Å². The third-order valence-electron chi connectivity index (χ3n) is 2.29. The Kier molecular flexibility index (Phi) is 3.14. The molecule has 0 atom stereocenters. The number of nitrogens with zero attached hydrogens (tertiary/aromatic N) is 1. The van der Waals surface area contributed by atoms with Crippen molar-refractivity contribution in [3.05, 3.63) is 34.4 Å². The summed E-state index contributed by atoms with van der Waals surface area (Å²) >= 11 is 3.42. The molecule has 0 saturated heterocycles. The summed E-state index contributed by atoms with van der Waals surface area (Å²) in [6, 6.07) is 7.13. The number of H-pyrrole nitrogens is 1. The molecule has 0 spiro atoms. The zero-order chi connectivity index (χ0) is 12.4. The van der Waals surface area contributed by atoms with E-state index >= 15 is 0 Å². The molecule has 0 fully saturated rings. The molecular weight excluding hydrogens is 286 g/mol. The lowest BCUT2D eigenvalue weighted by Gasteiger charge is -2.07. The van der Waals surface area contributed by atoms with Gasteiger partial charge in [0.25, 0.3) is 5.91 Å². The smallest absolute Gasteiger partial charge is 0.266 e. The molecule has 5 nitrogen and oxygen atoms in total. The van der Waals surface area contributed by atoms with Crippen LogP contribution in [-0.2, 0) is 0 Å². The first-order valence-electron chi connectivity index (χ1n) is 4.81. The van der Waals surface area contributed by atoms with E-state index in [1.165, 1.54) is 0 Å². The Morgan fingerprint density at radius 1 is 1.53 bits per heavy atom. The van der Waals surface area contributed by atoms with Crippen molar-refractivity contribution < 1.29 is 9.53 Å². The van der Waals surface area contributed by atoms with Gasteiger partial charge in [0.2, 0.25) is 0 Å². The Hall–Kier alpha value is -1.82. The molecule has 0 aliphatic rings. The number of halogens is 1. The number of aromatic amines is 1. The number of ether oxygens (including phenoxy) is 1. The van der Waals surface area contributed by atoms with Gasteiger partial charge in [-0.25, -0.2) is 0 Å². The first-order chi connectivity index (χ1) is 8.13. The summed E-state index contributed by atoms with van der Waals surface area (Å²) in [7, 11) is 1.58. The highest BCUT2D eigenvalue weighted by molar-refractivity contribution is 9.10. The Bertz CT molecular complexity index is 566. The van der Waals surface area contributed by atoms with E-state index in [1.807, 2.05) is 18.2 Å². The number of carbonyl (C=O) groups is 1. The molecule has 0 aliphatic carbocycles. The zero-order valence-corrected chi connectivity index (χ0v) is 10.6. The van der Waals surface area contributed by atoms with Crippen molar-refractivity contribution in [1.29, 1.82) is 0 Å². The van der Waals surface area contributed by atoms with Gasteiger partial charge in [-0.05, 0) is 34.1 Å². The van der Waals surface area contributed by atoms with Crippen LogP contribution < -0.4 is 10.5 Å². The number of hydrogen-bond acceptors (Lipinski definition) is 3. The van der Waals surface area contributed by atoms with E-state index in [0.717, 1.165) is 10.0 Å². The van der Waals surface area contributed by atoms with E-state index in [-0.39, 0.29) is 5.69 Å². The van der Waals surface area contributed by atoms with Gasteiger partial charge in [-0.1, -0.05) is 6.07 Å². The molecule has 1 heterocycles. The minimum Gasteiger partial charge on any atom is -0.496 e. The van der Waals surface area contributed by atoms with Crippen molar-refractivity contribution >= 4 is 21.8 Å². The number of aromatic nitrogens is 2. The van der Waals surface area contributed by atoms with Crippen LogP contribution in [0.4, 0.5) is 0 Å². The van der Waals surface area contributed by atoms with Crippen LogP contribution >= 0.6 is 15.9 Å². The first-order valence-corrected chi connectivity index (χ1v) is 5.61. The number of methoxy groups -OCH3 is 1. The lowest BCUT2D eigenvalue weighted by atomic mass is 10.1. The summed E-state index contributed by atoms with van der Waals surface area (Å²) < 4.78 is 6.08. The van der Waals surface area contributed by atoms with Gasteiger partial charge < -0.3 is 10.5 Å². The van der Waals surface area contributed by atoms with Crippen LogP contribution in [0.1, 0.15) is 10.5 Å². The summed E-state index contributed by atoms with van der Waals surface area (Å²) in [5.74, 6) is 0.122. The normalized spacial score (nSPS) is 10.2. The lowest BCUT2D eigenvalue weighted by molar-refractivity contribution is 0.0995. The molecule has 6 heteroatoms. The van der Waals surface area contributed by atoms with Crippen molar-refractivity contribution in [3.63, 3.8) is 0 Å². The number of rotatable bonds is 3. The van der Waals surface area contributed by atoms with Crippen LogP contribution in [0.25, 0.3) is 11.3 Å². The van der Waals surface area contributed by atoms with Gasteiger partial charge in [0.1, 0.15) is 11.4 Å². The number of amides is 1. The Labute approximate surface area is 106 Å². The van der Waals surface area contributed by atoms with Crippen LogP contribution in [0.2, 0.25) is 0 Å². The molecule has 0 radical (unpaired) electrons. The molecule has 2 aromatic rings. The fourth-order valence-corrected chi connectivity index (χ4v) is 2.05. The third-order valence-corrected chi connectivity index (χ3v) is 2.96. The highest BCUT2D eigenvalue weighted by Gasteiger charge is 2.14. The number of primary amides is 1. The second-order valence-electron chi connectivity index (χ2n) is 3.35. The molecule has 3 N–H and O–H groups in total. The summed E-state index contributed by atoms with van der Waals surface area (Å²) in [6.45, 7) is 0. The van der Waals surface area contributed by atoms with E-state index < -0.39 is 5.91 Å². The first kappa shape index (κ1) is 11.7. The number of benzene rings is 1. The van der Waals surface area contributed by atoms with Crippen molar-refractivity contribution in [2.75, 3.05) is 7.11 Å². The molecule has 17 heavy (non-hydrogen) atoms. The molecule has 0 unspecified atom stereocenters. The summed E-state index contributed by atoms with van der Waals surface area (Å²) in [4.78, 5) is 11.0. The van der Waals surface area contributed by atoms with Crippen molar-refractivity contribution in [1.82, 2.24) is 10.2 Å². The molecular formula is C11H10BrN3O2. The fraction of sp³-hybridized carbons (Fsp3) is 0.0909. The maximum atomic E-state index is 11.0. The average molecular weight is 296 g/mol. The second-order valence-corrected chi connectivity index (χ2v) is 4.20. The molecule has 1 aromatic heterocycles. The maximum absolute atomic E-state index is 11.0. The van der Waals surface area contributed by atoms with Gasteiger partial charge in [-0.15, -0.1) is 0 Å². The SMILES string of the molecule is COc1cccc(Br)c1-c1cc(C(N)=O)[nH]n1. The predicted octanol–water partition coefficient (Wildman–Crippen LogP) is 1.95. The van der Waals surface area contributed by atoms with Crippen LogP contribution in [-0.4, -0.2) is 23.2 Å². The van der Waals surface area contributed by atoms with E-state index in [2.05, 4.69) is 26.1 Å². The minimum atomic E-state index is -0.547. The molecule has 1 aromatic carbocycles. The highest BCUT2D eigenvalue weighted by atomic mass is 79.9. The van der Waals surface area contributed by atoms with E-state index in [4.69, 9.17) is 10.5 Å². The molecule has 0 bridgehead atoms. The number of nitrogens with one attached hydrogen (secondary N) is 1. The van der Waals surface area contributed by atoms with Gasteiger partial charge in [0.15, 0.2) is 0 Å². The Morgan fingerprint density at radius 3 is 2.88 bits per heavy atom. The van der Waals surface area contributed by atoms with E-state index in [0.29, 0.717) is 11.4 Å². The number of hydrogen-bond donors (Lipinski definition) is 2. The monoisotopic (exact) mass is 295 g/mol. The Morgan fingerprint density at radius 2 is 2.29 bits per heavy atom. The summed E-state index contributed by atoms with van der Waals surface area (Å²) in [5, 5.41) is 6.62. The van der Waals surface area contributed by atoms with E-state index in [9.17, 15) is 4.79 Å². The van der Waals surface area contributed by atoms with Gasteiger partial charge in [0.05, 0.1) is 18.4 Å². The quantitative estimate of drug-likeness (QED) is 0.908. The van der Waals surface area contributed by atoms with Crippen LogP contribution in [0.5, 0.6) is 5.75 Å². The standard InChI is InChI=1S/C11H10BrN3O2/c1-17-9-4-2-3-6(12)10(9)7-5-8(11(13)16)15-14-7/h2-5H,1H3,(H2,13,16)(H,14,15). The summed E-state index contributed by atoms with van der Waals surface area (Å²) in [6.07, 6.45) is 0. The lowest BCUT2D eigenvalue weighted by Crippen LogP contribution is -2.10. The van der Waals surface area contributed by atoms with Gasteiger partial charge in [-0.3, -0.25) is 9.89 Å². The molecule has 0 saturated carbocycles.